The molecule has 6 fully saturated rings. The van der Waals surface area contributed by atoms with Crippen LogP contribution in [0.15, 0.2) is 105 Å². The van der Waals surface area contributed by atoms with Crippen LogP contribution in [0.25, 0.3) is 27.9 Å². The molecule has 85 heavy (non-hydrogen) atoms. The zero-order valence-electron chi connectivity index (χ0n) is 49.7. The first kappa shape index (κ1) is 68.2. The Labute approximate surface area is 519 Å². The number of rotatable bonds is 6. The second-order valence-corrected chi connectivity index (χ2v) is 27.2. The van der Waals surface area contributed by atoms with Crippen LogP contribution in [0.1, 0.15) is 165 Å². The molecule has 0 bridgehead atoms. The molecule has 13 nitrogen and oxygen atoms in total. The van der Waals surface area contributed by atoms with Gasteiger partial charge in [-0.25, -0.2) is 13.2 Å². The summed E-state index contributed by atoms with van der Waals surface area (Å²) in [4.78, 5) is 4.21. The molecule has 0 unspecified atom stereocenters. The number of phenols is 1. The molecular formula is C63H85B4Br2F3N4O9. The van der Waals surface area contributed by atoms with Gasteiger partial charge in [-0.15, -0.1) is 0 Å². The number of halogens is 5. The first-order valence-corrected chi connectivity index (χ1v) is 30.4. The zero-order chi connectivity index (χ0) is 60.2. The molecule has 14 rings (SSSR count). The van der Waals surface area contributed by atoms with Gasteiger partial charge >= 0.3 is 28.3 Å². The average Bonchev–Trinajstić information content (AvgIpc) is 1.78. The van der Waals surface area contributed by atoms with E-state index in [4.69, 9.17) is 38.0 Å². The number of allylic oxidation sites excluding steroid dienone is 1. The number of fused-ring (bicyclic) bond motifs is 3. The van der Waals surface area contributed by atoms with E-state index < -0.39 is 39.5 Å². The maximum absolute atomic E-state index is 14.2. The first-order chi connectivity index (χ1) is 38.9. The number of phenolic OH excluding ortho intramolecular Hbond substituents is 1. The highest BCUT2D eigenvalue weighted by Crippen LogP contribution is 2.45. The van der Waals surface area contributed by atoms with Gasteiger partial charge in [-0.2, -0.15) is 0 Å². The van der Waals surface area contributed by atoms with Crippen molar-refractivity contribution < 1.29 is 56.3 Å². The normalized spacial score (nSPS) is 21.0. The Balaban J connectivity index is 0.000000150. The summed E-state index contributed by atoms with van der Waals surface area (Å²) in [5, 5.41) is 31.2. The summed E-state index contributed by atoms with van der Waals surface area (Å²) in [5.41, 5.74) is 3.41. The highest BCUT2D eigenvalue weighted by Gasteiger charge is 2.64. The van der Waals surface area contributed by atoms with E-state index in [1.54, 1.807) is 36.4 Å². The molecule has 2 aromatic heterocycles. The minimum absolute atomic E-state index is 0. The average molecular weight is 1300 g/mol. The van der Waals surface area contributed by atoms with Crippen LogP contribution < -0.4 is 10.8 Å². The number of amidine groups is 1. The number of hydrogen-bond donors (Lipinski definition) is 4. The smallest absolute Gasteiger partial charge is 0.495 e. The number of aromatic nitrogens is 2. The molecule has 0 amide bonds. The zero-order valence-corrected chi connectivity index (χ0v) is 52.8. The lowest BCUT2D eigenvalue weighted by Gasteiger charge is -2.32. The monoisotopic (exact) mass is 1300 g/mol. The number of nitrogens with one attached hydrogen (secondary N) is 1. The molecule has 0 radical (unpaired) electrons. The van der Waals surface area contributed by atoms with Crippen molar-refractivity contribution >= 4 is 99.3 Å². The topological polar surface area (TPSA) is 150 Å². The molecule has 22 heteroatoms. The van der Waals surface area contributed by atoms with Gasteiger partial charge in [0.1, 0.15) is 29.0 Å². The van der Waals surface area contributed by atoms with Crippen LogP contribution >= 0.6 is 31.9 Å². The summed E-state index contributed by atoms with van der Waals surface area (Å²) in [6.45, 7) is 25.9. The van der Waals surface area contributed by atoms with E-state index in [0.29, 0.717) is 12.1 Å². The molecule has 0 atom stereocenters. The van der Waals surface area contributed by atoms with Crippen LogP contribution in [0, 0.1) is 17.5 Å². The van der Waals surface area contributed by atoms with Gasteiger partial charge in [-0.3, -0.25) is 4.99 Å². The van der Waals surface area contributed by atoms with E-state index >= 15 is 0 Å². The predicted molar refractivity (Wildman–Crippen MR) is 347 cm³/mol. The number of aliphatic imine (C=N–C) groups is 1. The maximum atomic E-state index is 14.2. The Hall–Kier alpha value is -4.34. The van der Waals surface area contributed by atoms with Crippen molar-refractivity contribution in [3.63, 3.8) is 0 Å². The van der Waals surface area contributed by atoms with Crippen molar-refractivity contribution in [3.05, 3.63) is 134 Å². The van der Waals surface area contributed by atoms with Gasteiger partial charge in [-0.1, -0.05) is 67.9 Å². The third kappa shape index (κ3) is 15.6. The second kappa shape index (κ2) is 26.4. The van der Waals surface area contributed by atoms with Gasteiger partial charge in [-0.05, 0) is 220 Å². The van der Waals surface area contributed by atoms with Gasteiger partial charge < -0.3 is 57.5 Å². The number of nitrogens with zero attached hydrogens (tertiary/aromatic N) is 3. The van der Waals surface area contributed by atoms with E-state index in [-0.39, 0.29) is 66.3 Å². The van der Waals surface area contributed by atoms with E-state index in [1.165, 1.54) is 37.8 Å². The summed E-state index contributed by atoms with van der Waals surface area (Å²) in [7, 11) is -2.52. The summed E-state index contributed by atoms with van der Waals surface area (Å²) in [6.07, 6.45) is 15.8. The Kier molecular flexibility index (Phi) is 21.2. The largest absolute Gasteiger partial charge is 0.507 e. The highest BCUT2D eigenvalue weighted by molar-refractivity contribution is 9.11. The van der Waals surface area contributed by atoms with Crippen molar-refractivity contribution in [3.8, 4) is 5.75 Å². The van der Waals surface area contributed by atoms with Crippen LogP contribution in [0.5, 0.6) is 5.75 Å². The van der Waals surface area contributed by atoms with E-state index in [1.807, 2.05) is 126 Å². The number of hydrogen-bond acceptors (Lipinski definition) is 11. The predicted octanol–water partition coefficient (Wildman–Crippen LogP) is 14.3. The molecule has 6 heterocycles. The van der Waals surface area contributed by atoms with Gasteiger partial charge in [0.25, 0.3) is 0 Å². The molecule has 4 aromatic carbocycles. The lowest BCUT2D eigenvalue weighted by atomic mass is 9.49. The van der Waals surface area contributed by atoms with Gasteiger partial charge in [0.15, 0.2) is 0 Å². The SMILES string of the molecule is C.C.CC1(C)OB(B2OC(C)(C)C(C)(C)O2)OC1(C)C.CC1(C)OB(c2cc(F)cc3c2ccn3C2CC2)OC1(C)C.Fc1cc(Br)c2c(c1)CC=C2.Fc1cc(Br)c2ccn(C3CC3)c2c1.OB(O)C1CC1.Oc1ccccc1C1=NCCN1. The molecule has 3 saturated carbocycles. The first-order valence-electron chi connectivity index (χ1n) is 28.8. The molecule has 458 valence electrons. The van der Waals surface area contributed by atoms with Crippen LogP contribution in [0.3, 0.4) is 0 Å². The van der Waals surface area contributed by atoms with Crippen molar-refractivity contribution in [2.75, 3.05) is 13.1 Å². The van der Waals surface area contributed by atoms with Crippen LogP contribution in [0.4, 0.5) is 13.2 Å². The summed E-state index contributed by atoms with van der Waals surface area (Å²) in [5.74, 6) is 0.714. The standard InChI is InChI=1S/C17H21BFNO2.C12H24B2O4.C11H9BrFN.C9H6BrF.C9H10N2O.C3H7BO2.2CH4/c1-16(2)17(3,4)22-18(21-16)14-9-11(19)10-15-13(14)7-8-20(15)12-5-6-12;1-9(2)10(3,4)16-13(15-9)14-17-11(5,6)12(7,8)18-14;12-10-5-7(13)6-11-9(10)3-4-14(11)8-1-2-8;10-9-5-7(11)4-6-2-1-3-8(6)9;12-8-4-2-1-3-7(8)9-10-5-6-11-9;5-4(6)3-1-2-3;;/h7-10,12H,5-6H2,1-4H3;1-8H3;3-6,8H,1-2H2;1,3-5H,2H2;1-4,12H,5-6H2,(H,10,11);3,5-6H,1-2H2;2*1H4. The summed E-state index contributed by atoms with van der Waals surface area (Å²) < 4.78 is 82.2. The van der Waals surface area contributed by atoms with Crippen LogP contribution in [-0.4, -0.2) is 105 Å². The third-order valence-electron chi connectivity index (χ3n) is 17.4. The number of aromatic hydroxyl groups is 1. The number of para-hydroxylation sites is 1. The molecule has 4 aliphatic heterocycles. The fourth-order valence-electron chi connectivity index (χ4n) is 9.89. The Bertz CT molecular complexity index is 3300. The second-order valence-electron chi connectivity index (χ2n) is 25.5. The van der Waals surface area contributed by atoms with Gasteiger partial charge in [0.2, 0.25) is 0 Å². The Morgan fingerprint density at radius 1 is 0.600 bits per heavy atom. The Morgan fingerprint density at radius 2 is 1.06 bits per heavy atom. The molecule has 4 N–H and O–H groups in total. The van der Waals surface area contributed by atoms with Crippen molar-refractivity contribution in [1.29, 1.82) is 0 Å². The third-order valence-corrected chi connectivity index (χ3v) is 18.7. The summed E-state index contributed by atoms with van der Waals surface area (Å²) in [6, 6.07) is 21.8. The molecule has 4 aliphatic carbocycles. The minimum atomic E-state index is -1.04. The van der Waals surface area contributed by atoms with Gasteiger partial charge in [0.05, 0.1) is 56.7 Å². The maximum Gasteiger partial charge on any atom is 0.495 e. The fraction of sp³-hybridized carbons (Fsp3) is 0.508. The number of benzene rings is 4. The van der Waals surface area contributed by atoms with Gasteiger partial charge in [0, 0.05) is 45.4 Å². The minimum Gasteiger partial charge on any atom is -0.507 e. The Morgan fingerprint density at radius 3 is 1.52 bits per heavy atom. The van der Waals surface area contributed by atoms with Crippen molar-refractivity contribution in [2.45, 2.75) is 194 Å². The van der Waals surface area contributed by atoms with E-state index in [0.717, 1.165) is 91.1 Å². The highest BCUT2D eigenvalue weighted by atomic mass is 79.9. The lowest BCUT2D eigenvalue weighted by molar-refractivity contribution is 0.00578. The summed E-state index contributed by atoms with van der Waals surface area (Å²) >= 11 is 6.68. The fourth-order valence-corrected chi connectivity index (χ4v) is 11.0. The molecule has 6 aromatic rings. The van der Waals surface area contributed by atoms with E-state index in [9.17, 15) is 18.3 Å². The van der Waals surface area contributed by atoms with Crippen molar-refractivity contribution in [1.82, 2.24) is 14.5 Å². The van der Waals surface area contributed by atoms with Crippen molar-refractivity contribution in [2.24, 2.45) is 4.99 Å². The van der Waals surface area contributed by atoms with Crippen LogP contribution in [0.2, 0.25) is 5.82 Å². The molecule has 3 saturated heterocycles. The lowest BCUT2D eigenvalue weighted by Crippen LogP contribution is -2.41. The molecule has 8 aliphatic rings. The van der Waals surface area contributed by atoms with E-state index in [2.05, 4.69) is 57.5 Å². The van der Waals surface area contributed by atoms with Crippen LogP contribution in [-0.2, 0) is 34.3 Å². The molecular weight excluding hydrogens is 1220 g/mol. The molecule has 0 spiro atoms. The quantitative estimate of drug-likeness (QED) is 0.119.